The maximum Gasteiger partial charge on any atom is 0.237 e. The number of carbonyl (C=O) groups excluding carboxylic acids is 2. The number of hydrogen-bond acceptors (Lipinski definition) is 4. The van der Waals surface area contributed by atoms with Gasteiger partial charge in [0.1, 0.15) is 11.7 Å². The fraction of sp³-hybridized carbons (Fsp3) is 0.458. The Morgan fingerprint density at radius 1 is 1.12 bits per heavy atom. The highest BCUT2D eigenvalue weighted by Crippen LogP contribution is 2.26. The summed E-state index contributed by atoms with van der Waals surface area (Å²) in [6.45, 7) is 4.72. The number of piperidine rings is 1. The summed E-state index contributed by atoms with van der Waals surface area (Å²) in [7, 11) is 0. The second-order valence-electron chi connectivity index (χ2n) is 8.37. The molecule has 1 fully saturated rings. The van der Waals surface area contributed by atoms with Crippen molar-refractivity contribution in [2.24, 2.45) is 16.8 Å². The molecule has 0 aliphatic carbocycles. The molecule has 1 saturated heterocycles. The summed E-state index contributed by atoms with van der Waals surface area (Å²) < 4.78 is 13.1. The molecule has 1 aromatic carbocycles. The van der Waals surface area contributed by atoms with Crippen LogP contribution in [0.1, 0.15) is 43.0 Å². The van der Waals surface area contributed by atoms with Crippen LogP contribution < -0.4 is 0 Å². The molecule has 1 amide bonds. The fourth-order valence-electron chi connectivity index (χ4n) is 4.58. The second kappa shape index (κ2) is 13.0. The van der Waals surface area contributed by atoms with Crippen molar-refractivity contribution in [1.82, 2.24) is 9.80 Å². The van der Waals surface area contributed by atoms with E-state index < -0.39 is 0 Å². The van der Waals surface area contributed by atoms with Crippen molar-refractivity contribution in [1.29, 1.82) is 0 Å². The highest BCUT2D eigenvalue weighted by Gasteiger charge is 2.35. The van der Waals surface area contributed by atoms with Gasteiger partial charge >= 0.3 is 0 Å². The Labute approximate surface area is 206 Å². The van der Waals surface area contributed by atoms with Gasteiger partial charge in [-0.05, 0) is 88.7 Å². The van der Waals surface area contributed by atoms with Crippen molar-refractivity contribution in [2.45, 2.75) is 38.6 Å². The van der Waals surface area contributed by atoms with Crippen molar-refractivity contribution >= 4 is 42.3 Å². The van der Waals surface area contributed by atoms with Gasteiger partial charge < -0.3 is 10.4 Å². The Morgan fingerprint density at radius 3 is 2.45 bits per heavy atom. The van der Waals surface area contributed by atoms with Gasteiger partial charge in [0.25, 0.3) is 0 Å². The molecule has 0 aromatic heterocycles. The van der Waals surface area contributed by atoms with E-state index in [2.05, 4.69) is 9.89 Å². The topological polar surface area (TPSA) is 84.5 Å². The van der Waals surface area contributed by atoms with E-state index in [1.54, 1.807) is 23.2 Å². The molecule has 0 bridgehead atoms. The summed E-state index contributed by atoms with van der Waals surface area (Å²) in [5.41, 5.74) is 0.598. The zero-order valence-corrected chi connectivity index (χ0v) is 20.3. The normalized spacial score (nSPS) is 22.4. The van der Waals surface area contributed by atoms with Crippen LogP contribution in [0.2, 0.25) is 0 Å². The van der Waals surface area contributed by atoms with Crippen LogP contribution in [0.5, 0.6) is 0 Å². The van der Waals surface area contributed by atoms with Gasteiger partial charge in [-0.2, -0.15) is 0 Å². The molecule has 2 atom stereocenters. The van der Waals surface area contributed by atoms with Crippen molar-refractivity contribution in [3.63, 3.8) is 0 Å². The predicted molar refractivity (Wildman–Crippen MR) is 133 cm³/mol. The van der Waals surface area contributed by atoms with E-state index in [4.69, 9.17) is 0 Å². The summed E-state index contributed by atoms with van der Waals surface area (Å²) in [6, 6.07) is 5.85. The van der Waals surface area contributed by atoms with Crippen LogP contribution in [0.4, 0.5) is 4.39 Å². The second-order valence-corrected chi connectivity index (χ2v) is 8.37. The monoisotopic (exact) mass is 499 g/mol. The van der Waals surface area contributed by atoms with Crippen LogP contribution in [0.15, 0.2) is 53.7 Å². The average Bonchev–Trinajstić information content (AvgIpc) is 2.76. The molecule has 1 aromatic rings. The molecule has 2 N–H and O–H groups in total. The molecule has 0 radical (unpaired) electrons. The van der Waals surface area contributed by atoms with E-state index in [1.165, 1.54) is 12.1 Å². The first-order valence-corrected chi connectivity index (χ1v) is 10.8. The third kappa shape index (κ3) is 6.73. The summed E-state index contributed by atoms with van der Waals surface area (Å²) >= 11 is 0. The highest BCUT2D eigenvalue weighted by atomic mass is 35.5. The molecule has 9 heteroatoms. The van der Waals surface area contributed by atoms with Gasteiger partial charge in [0.15, 0.2) is 5.78 Å². The van der Waals surface area contributed by atoms with E-state index >= 15 is 0 Å². The van der Waals surface area contributed by atoms with E-state index in [0.717, 1.165) is 51.2 Å². The number of halogens is 3. The van der Waals surface area contributed by atoms with Crippen LogP contribution in [-0.2, 0) is 4.79 Å². The van der Waals surface area contributed by atoms with Crippen LogP contribution >= 0.6 is 24.8 Å². The maximum absolute atomic E-state index is 13.1. The molecule has 2 unspecified atom stereocenters. The Balaban J connectivity index is 0.00000181. The molecule has 6 nitrogen and oxygen atoms in total. The number of aliphatic imine (C=N–C) groups is 1. The zero-order chi connectivity index (χ0) is 21.1. The van der Waals surface area contributed by atoms with Crippen molar-refractivity contribution < 1.29 is 19.5 Å². The number of nitrogens with zero attached hydrogens (tertiary/aromatic N) is 3. The van der Waals surface area contributed by atoms with Gasteiger partial charge in [0.05, 0.1) is 12.0 Å². The van der Waals surface area contributed by atoms with Gasteiger partial charge in [0.2, 0.25) is 5.91 Å². The Kier molecular flexibility index (Phi) is 11.4. The molecule has 3 aliphatic heterocycles. The summed E-state index contributed by atoms with van der Waals surface area (Å²) in [4.78, 5) is 34.1. The maximum atomic E-state index is 13.1. The van der Waals surface area contributed by atoms with Gasteiger partial charge in [-0.1, -0.05) is 6.08 Å². The smallest absolute Gasteiger partial charge is 0.237 e. The zero-order valence-electron chi connectivity index (χ0n) is 18.7. The Hall–Kier alpha value is -2.06. The van der Waals surface area contributed by atoms with E-state index in [0.29, 0.717) is 5.56 Å². The minimum absolute atomic E-state index is 0. The number of ketones is 1. The van der Waals surface area contributed by atoms with Gasteiger partial charge in [-0.25, -0.2) is 4.39 Å². The van der Waals surface area contributed by atoms with Crippen molar-refractivity contribution in [3.8, 4) is 0 Å². The lowest BCUT2D eigenvalue weighted by Crippen LogP contribution is -2.45. The molecule has 0 spiro atoms. The molecule has 182 valence electrons. The lowest BCUT2D eigenvalue weighted by atomic mass is 9.88. The third-order valence-electron chi connectivity index (χ3n) is 6.39. The molecule has 33 heavy (non-hydrogen) atoms. The number of likely N-dealkylation sites (tertiary alicyclic amines) is 1. The molecule has 3 heterocycles. The first kappa shape index (κ1) is 29.0. The van der Waals surface area contributed by atoms with E-state index in [-0.39, 0.29) is 65.7 Å². The Bertz CT molecular complexity index is 897. The molecular weight excluding hydrogens is 468 g/mol. The molecular formula is C24H32Cl2FN3O3. The fourth-order valence-corrected chi connectivity index (χ4v) is 4.58. The van der Waals surface area contributed by atoms with Crippen LogP contribution in [0.3, 0.4) is 0 Å². The molecule has 3 aliphatic rings. The number of fused-ring (bicyclic) bond motifs is 1. The van der Waals surface area contributed by atoms with Crippen LogP contribution in [0.25, 0.3) is 0 Å². The lowest BCUT2D eigenvalue weighted by molar-refractivity contribution is -0.131. The number of hydrogen-bond donors (Lipinski definition) is 0. The first-order valence-electron chi connectivity index (χ1n) is 10.8. The summed E-state index contributed by atoms with van der Waals surface area (Å²) in [5, 5.41) is 0. The minimum atomic E-state index is -0.318. The number of benzene rings is 1. The number of allylic oxidation sites excluding steroid dienone is 2. The summed E-state index contributed by atoms with van der Waals surface area (Å²) in [6.07, 6.45) is 10.8. The standard InChI is InChI=1S/C24H28FN3O2.2ClH.H2O/c1-17-21(24(30)28-14-3-2-6-22(28)26-17)5-4-13-27-15-11-19(12-16-27)23(29)18-7-9-20(25)10-8-18;;;/h2-3,6-10,14,17,19,21H,4-5,11-13,15-16H2,1H3;2*1H;1H2. The van der Waals surface area contributed by atoms with Gasteiger partial charge in [0, 0.05) is 17.7 Å². The highest BCUT2D eigenvalue weighted by molar-refractivity contribution is 6.08. The first-order chi connectivity index (χ1) is 14.5. The lowest BCUT2D eigenvalue weighted by Gasteiger charge is -2.34. The Morgan fingerprint density at radius 2 is 1.79 bits per heavy atom. The summed E-state index contributed by atoms with van der Waals surface area (Å²) in [5.74, 6) is 0.604. The number of amides is 1. The minimum Gasteiger partial charge on any atom is -0.412 e. The SMILES string of the molecule is CC1N=C2C=CC=CN2C(=O)C1CCCN1CCC(C(=O)c2ccc(F)cc2)CC1.Cl.Cl.O. The van der Waals surface area contributed by atoms with Crippen LogP contribution in [0, 0.1) is 17.7 Å². The third-order valence-corrected chi connectivity index (χ3v) is 6.39. The number of amidine groups is 1. The van der Waals surface area contributed by atoms with Crippen molar-refractivity contribution in [2.75, 3.05) is 19.6 Å². The van der Waals surface area contributed by atoms with Gasteiger partial charge in [-0.15, -0.1) is 24.8 Å². The molecule has 0 saturated carbocycles. The number of rotatable bonds is 6. The quantitative estimate of drug-likeness (QED) is 0.557. The van der Waals surface area contributed by atoms with Gasteiger partial charge in [-0.3, -0.25) is 19.5 Å². The van der Waals surface area contributed by atoms with Crippen molar-refractivity contribution in [3.05, 3.63) is 60.1 Å². The average molecular weight is 500 g/mol. The predicted octanol–water partition coefficient (Wildman–Crippen LogP) is 3.85. The van der Waals surface area contributed by atoms with E-state index in [1.807, 2.05) is 25.2 Å². The number of carbonyl (C=O) groups is 2. The van der Waals surface area contributed by atoms with Crippen LogP contribution in [-0.4, -0.2) is 58.5 Å². The largest absolute Gasteiger partial charge is 0.412 e. The van der Waals surface area contributed by atoms with E-state index in [9.17, 15) is 14.0 Å². The number of Topliss-reactive ketones (excluding diaryl/α,β-unsaturated/α-hetero) is 1. The molecule has 4 rings (SSSR count).